The molecule has 3 rings (SSSR count). The lowest BCUT2D eigenvalue weighted by Gasteiger charge is -2.06. The molecule has 3 aromatic heterocycles. The molecule has 0 aliphatic heterocycles. The highest BCUT2D eigenvalue weighted by Gasteiger charge is 2.08. The van der Waals surface area contributed by atoms with Gasteiger partial charge in [-0.3, -0.25) is 4.79 Å². The van der Waals surface area contributed by atoms with E-state index in [9.17, 15) is 4.79 Å². The van der Waals surface area contributed by atoms with Crippen LogP contribution in [0.1, 0.15) is 11.4 Å². The minimum atomic E-state index is -0.0315. The van der Waals surface area contributed by atoms with E-state index < -0.39 is 0 Å². The van der Waals surface area contributed by atoms with Crippen LogP contribution < -0.4 is 11.3 Å². The summed E-state index contributed by atoms with van der Waals surface area (Å²) in [5.41, 5.74) is 6.56. The van der Waals surface area contributed by atoms with Crippen LogP contribution in [0.5, 0.6) is 0 Å². The maximum absolute atomic E-state index is 12.0. The van der Waals surface area contributed by atoms with Crippen molar-refractivity contribution in [3.63, 3.8) is 0 Å². The molecule has 0 saturated carbocycles. The van der Waals surface area contributed by atoms with Gasteiger partial charge in [-0.15, -0.1) is 11.3 Å². The second-order valence-electron chi connectivity index (χ2n) is 4.29. The number of hydrogen-bond donors (Lipinski definition) is 1. The van der Waals surface area contributed by atoms with Crippen molar-refractivity contribution in [2.75, 3.05) is 5.73 Å². The average molecular weight is 272 g/mol. The summed E-state index contributed by atoms with van der Waals surface area (Å²) >= 11 is 1.52. The van der Waals surface area contributed by atoms with Gasteiger partial charge in [0.1, 0.15) is 10.6 Å². The standard InChI is InChI=1S/C13H12N4OS/c1-8-3-2-5-17(13(8)18)7-10-15-11(14)9-4-6-19-12(9)16-10/h2-6H,7H2,1H3,(H2,14,15,16). The van der Waals surface area contributed by atoms with E-state index in [2.05, 4.69) is 9.97 Å². The molecule has 3 heterocycles. The van der Waals surface area contributed by atoms with Crippen molar-refractivity contribution >= 4 is 27.4 Å². The van der Waals surface area contributed by atoms with E-state index in [4.69, 9.17) is 5.73 Å². The number of nitrogens with two attached hydrogens (primary N) is 1. The summed E-state index contributed by atoms with van der Waals surface area (Å²) in [6.45, 7) is 2.12. The van der Waals surface area contributed by atoms with Crippen LogP contribution in [-0.4, -0.2) is 14.5 Å². The number of aryl methyl sites for hydroxylation is 1. The molecule has 0 fully saturated rings. The Kier molecular flexibility index (Phi) is 2.79. The smallest absolute Gasteiger partial charge is 0.253 e. The first-order chi connectivity index (χ1) is 9.15. The molecule has 0 amide bonds. The third-order valence-corrected chi connectivity index (χ3v) is 3.73. The normalized spacial score (nSPS) is 11.0. The van der Waals surface area contributed by atoms with Crippen molar-refractivity contribution in [3.8, 4) is 0 Å². The Morgan fingerprint density at radius 1 is 1.37 bits per heavy atom. The summed E-state index contributed by atoms with van der Waals surface area (Å²) in [5, 5.41) is 2.79. The van der Waals surface area contributed by atoms with Gasteiger partial charge in [0.2, 0.25) is 0 Å². The Balaban J connectivity index is 2.06. The molecular formula is C13H12N4OS. The minimum Gasteiger partial charge on any atom is -0.383 e. The fourth-order valence-electron chi connectivity index (χ4n) is 1.93. The van der Waals surface area contributed by atoms with Gasteiger partial charge in [-0.2, -0.15) is 0 Å². The van der Waals surface area contributed by atoms with Gasteiger partial charge in [-0.05, 0) is 24.4 Å². The predicted octanol–water partition coefficient (Wildman–Crippen LogP) is 1.79. The number of aromatic nitrogens is 3. The van der Waals surface area contributed by atoms with E-state index in [0.29, 0.717) is 23.8 Å². The van der Waals surface area contributed by atoms with Crippen molar-refractivity contribution in [2.24, 2.45) is 0 Å². The van der Waals surface area contributed by atoms with Crippen molar-refractivity contribution in [1.29, 1.82) is 0 Å². The Morgan fingerprint density at radius 2 is 2.21 bits per heavy atom. The zero-order valence-electron chi connectivity index (χ0n) is 10.3. The summed E-state index contributed by atoms with van der Waals surface area (Å²) in [6, 6.07) is 5.53. The van der Waals surface area contributed by atoms with Crippen LogP contribution >= 0.6 is 11.3 Å². The average Bonchev–Trinajstić information content (AvgIpc) is 2.84. The van der Waals surface area contributed by atoms with Gasteiger partial charge in [0.25, 0.3) is 5.56 Å². The number of hydrogen-bond acceptors (Lipinski definition) is 5. The first-order valence-corrected chi connectivity index (χ1v) is 6.69. The van der Waals surface area contributed by atoms with Gasteiger partial charge in [-0.1, -0.05) is 6.07 Å². The summed E-state index contributed by atoms with van der Waals surface area (Å²) in [7, 11) is 0. The lowest BCUT2D eigenvalue weighted by Crippen LogP contribution is -2.22. The molecule has 0 aliphatic rings. The van der Waals surface area contributed by atoms with E-state index >= 15 is 0 Å². The molecule has 2 N–H and O–H groups in total. The lowest BCUT2D eigenvalue weighted by molar-refractivity contribution is 0.715. The number of nitrogens with zero attached hydrogens (tertiary/aromatic N) is 3. The van der Waals surface area contributed by atoms with Crippen LogP contribution in [0.25, 0.3) is 10.2 Å². The molecule has 6 heteroatoms. The SMILES string of the molecule is Cc1cccn(Cc2nc(N)c3ccsc3n2)c1=O. The molecule has 0 aromatic carbocycles. The zero-order valence-corrected chi connectivity index (χ0v) is 11.1. The summed E-state index contributed by atoms with van der Waals surface area (Å²) in [6.07, 6.45) is 1.73. The van der Waals surface area contributed by atoms with E-state index in [1.807, 2.05) is 17.5 Å². The molecule has 0 unspecified atom stereocenters. The molecule has 0 bridgehead atoms. The highest BCUT2D eigenvalue weighted by molar-refractivity contribution is 7.16. The first-order valence-electron chi connectivity index (χ1n) is 5.81. The molecule has 0 radical (unpaired) electrons. The number of anilines is 1. The molecule has 0 saturated heterocycles. The Morgan fingerprint density at radius 3 is 3.05 bits per heavy atom. The van der Waals surface area contributed by atoms with Gasteiger partial charge < -0.3 is 10.3 Å². The quantitative estimate of drug-likeness (QED) is 0.772. The number of rotatable bonds is 2. The van der Waals surface area contributed by atoms with Gasteiger partial charge in [0.05, 0.1) is 11.9 Å². The Labute approximate surface area is 113 Å². The Hall–Kier alpha value is -2.21. The molecule has 0 spiro atoms. The monoisotopic (exact) mass is 272 g/mol. The highest BCUT2D eigenvalue weighted by Crippen LogP contribution is 2.22. The summed E-state index contributed by atoms with van der Waals surface area (Å²) < 4.78 is 1.59. The summed E-state index contributed by atoms with van der Waals surface area (Å²) in [5.74, 6) is 1.02. The molecule has 0 aliphatic carbocycles. The van der Waals surface area contributed by atoms with Crippen molar-refractivity contribution < 1.29 is 0 Å². The molecule has 5 nitrogen and oxygen atoms in total. The van der Waals surface area contributed by atoms with Crippen LogP contribution in [0, 0.1) is 6.92 Å². The third kappa shape index (κ3) is 2.10. The number of nitrogen functional groups attached to an aromatic ring is 1. The fraction of sp³-hybridized carbons (Fsp3) is 0.154. The molecule has 0 atom stereocenters. The lowest BCUT2D eigenvalue weighted by atomic mass is 10.3. The molecule has 3 aromatic rings. The largest absolute Gasteiger partial charge is 0.383 e. The van der Waals surface area contributed by atoms with Gasteiger partial charge >= 0.3 is 0 Å². The van der Waals surface area contributed by atoms with Crippen molar-refractivity contribution in [3.05, 3.63) is 51.5 Å². The van der Waals surface area contributed by atoms with Gasteiger partial charge in [0.15, 0.2) is 5.82 Å². The molecule has 96 valence electrons. The number of fused-ring (bicyclic) bond motifs is 1. The van der Waals surface area contributed by atoms with Crippen LogP contribution in [-0.2, 0) is 6.54 Å². The highest BCUT2D eigenvalue weighted by atomic mass is 32.1. The van der Waals surface area contributed by atoms with Gasteiger partial charge in [-0.25, -0.2) is 9.97 Å². The van der Waals surface area contributed by atoms with E-state index in [1.54, 1.807) is 23.8 Å². The maximum Gasteiger partial charge on any atom is 0.253 e. The van der Waals surface area contributed by atoms with Crippen molar-refractivity contribution in [2.45, 2.75) is 13.5 Å². The van der Waals surface area contributed by atoms with Crippen LogP contribution in [0.2, 0.25) is 0 Å². The predicted molar refractivity (Wildman–Crippen MR) is 76.4 cm³/mol. The second-order valence-corrected chi connectivity index (χ2v) is 5.18. The summed E-state index contributed by atoms with van der Waals surface area (Å²) in [4.78, 5) is 21.5. The van der Waals surface area contributed by atoms with Gasteiger partial charge in [0, 0.05) is 11.8 Å². The van der Waals surface area contributed by atoms with E-state index in [-0.39, 0.29) is 5.56 Å². The Bertz CT molecular complexity index is 806. The zero-order chi connectivity index (χ0) is 13.4. The number of thiophene rings is 1. The minimum absolute atomic E-state index is 0.0315. The van der Waals surface area contributed by atoms with E-state index in [0.717, 1.165) is 10.2 Å². The van der Waals surface area contributed by atoms with E-state index in [1.165, 1.54) is 11.3 Å². The fourth-order valence-corrected chi connectivity index (χ4v) is 2.72. The number of pyridine rings is 1. The first kappa shape index (κ1) is 11.9. The van der Waals surface area contributed by atoms with Crippen molar-refractivity contribution in [1.82, 2.24) is 14.5 Å². The van der Waals surface area contributed by atoms with Crippen LogP contribution in [0.15, 0.2) is 34.6 Å². The maximum atomic E-state index is 12.0. The molecular weight excluding hydrogens is 260 g/mol. The topological polar surface area (TPSA) is 73.8 Å². The second kappa shape index (κ2) is 4.47. The third-order valence-electron chi connectivity index (χ3n) is 2.92. The molecule has 19 heavy (non-hydrogen) atoms. The van der Waals surface area contributed by atoms with Crippen LogP contribution in [0.4, 0.5) is 5.82 Å². The van der Waals surface area contributed by atoms with Crippen LogP contribution in [0.3, 0.4) is 0 Å².